The maximum atomic E-state index is 13.8. The second-order valence-corrected chi connectivity index (χ2v) is 9.94. The monoisotopic (exact) mass is 538 g/mol. The first kappa shape index (κ1) is 25.9. The van der Waals surface area contributed by atoms with Gasteiger partial charge < -0.3 is 23.9 Å². The Morgan fingerprint density at radius 1 is 0.925 bits per heavy atom. The molecule has 8 nitrogen and oxygen atoms in total. The minimum absolute atomic E-state index is 0.0176. The van der Waals surface area contributed by atoms with E-state index in [9.17, 15) is 14.7 Å². The summed E-state index contributed by atoms with van der Waals surface area (Å²) in [5.41, 5.74) is 2.33. The van der Waals surface area contributed by atoms with Gasteiger partial charge in [0.25, 0.3) is 5.91 Å². The fraction of sp³-hybridized carbons (Fsp3) is 0.250. The number of aliphatic hydroxyl groups excluding tert-OH is 1. The van der Waals surface area contributed by atoms with Crippen molar-refractivity contribution in [3.05, 3.63) is 113 Å². The van der Waals surface area contributed by atoms with E-state index in [1.54, 1.807) is 17.0 Å². The summed E-state index contributed by atoms with van der Waals surface area (Å²) in [4.78, 5) is 30.9. The van der Waals surface area contributed by atoms with Crippen molar-refractivity contribution in [2.45, 2.75) is 12.6 Å². The maximum absolute atomic E-state index is 13.8. The molecule has 6 rings (SSSR count). The van der Waals surface area contributed by atoms with Gasteiger partial charge in [-0.2, -0.15) is 0 Å². The largest absolute Gasteiger partial charge is 0.503 e. The van der Waals surface area contributed by atoms with Gasteiger partial charge in [-0.3, -0.25) is 14.5 Å². The molecule has 1 saturated heterocycles. The molecule has 1 N–H and O–H groups in total. The van der Waals surface area contributed by atoms with Crippen molar-refractivity contribution in [1.82, 2.24) is 9.80 Å². The van der Waals surface area contributed by atoms with Crippen LogP contribution in [0.25, 0.3) is 11.0 Å². The number of furan rings is 1. The molecule has 3 aromatic carbocycles. The molecule has 0 bridgehead atoms. The topological polar surface area (TPSA) is 92.5 Å². The summed E-state index contributed by atoms with van der Waals surface area (Å²) >= 11 is 0. The van der Waals surface area contributed by atoms with E-state index in [0.29, 0.717) is 49.8 Å². The Balaban J connectivity index is 1.29. The van der Waals surface area contributed by atoms with E-state index in [1.807, 2.05) is 72.8 Å². The third-order valence-electron chi connectivity index (χ3n) is 7.40. The van der Waals surface area contributed by atoms with Gasteiger partial charge in [0.2, 0.25) is 5.78 Å². The van der Waals surface area contributed by atoms with E-state index in [1.165, 1.54) is 0 Å². The van der Waals surface area contributed by atoms with Gasteiger partial charge in [-0.05, 0) is 35.4 Å². The summed E-state index contributed by atoms with van der Waals surface area (Å²) in [6.07, 6.45) is 0. The van der Waals surface area contributed by atoms with E-state index in [2.05, 4.69) is 4.90 Å². The fourth-order valence-electron chi connectivity index (χ4n) is 5.25. The number of hydrogen-bond acceptors (Lipinski definition) is 7. The molecular formula is C32H30N2O6. The average Bonchev–Trinajstić information content (AvgIpc) is 3.55. The Bertz CT molecular complexity index is 1500. The standard InChI is InChI=1S/C32H30N2O6/c35-30(27-20-24-8-4-5-9-26(24)40-27)28-29(34(32(37)31(28)36)15-14-33-16-18-38-19-17-33)23-10-12-25(13-11-23)39-21-22-6-2-1-3-7-22/h1-13,20,29,36H,14-19,21H2/t29-/m0/s1. The van der Waals surface area contributed by atoms with Gasteiger partial charge in [0, 0.05) is 31.6 Å². The number of fused-ring (bicyclic) bond motifs is 1. The number of ketones is 1. The highest BCUT2D eigenvalue weighted by atomic mass is 16.5. The number of para-hydroxylation sites is 1. The van der Waals surface area contributed by atoms with Crippen LogP contribution in [-0.4, -0.2) is 66.0 Å². The van der Waals surface area contributed by atoms with Gasteiger partial charge in [-0.1, -0.05) is 60.7 Å². The summed E-state index contributed by atoms with van der Waals surface area (Å²) in [5.74, 6) is -0.872. The van der Waals surface area contributed by atoms with Gasteiger partial charge in [0.05, 0.1) is 24.8 Å². The lowest BCUT2D eigenvalue weighted by molar-refractivity contribution is -0.129. The molecule has 1 atom stereocenters. The van der Waals surface area contributed by atoms with Gasteiger partial charge in [0.15, 0.2) is 11.5 Å². The number of rotatable bonds is 9. The van der Waals surface area contributed by atoms with Gasteiger partial charge in [-0.15, -0.1) is 0 Å². The Morgan fingerprint density at radius 3 is 2.40 bits per heavy atom. The Kier molecular flexibility index (Phi) is 7.35. The first-order valence-corrected chi connectivity index (χ1v) is 13.4. The molecule has 0 aliphatic carbocycles. The van der Waals surface area contributed by atoms with E-state index >= 15 is 0 Å². The molecule has 0 spiro atoms. The molecule has 0 unspecified atom stereocenters. The van der Waals surface area contributed by atoms with Crippen molar-refractivity contribution in [2.24, 2.45) is 0 Å². The van der Waals surface area contributed by atoms with Crippen LogP contribution >= 0.6 is 0 Å². The third kappa shape index (κ3) is 5.23. The van der Waals surface area contributed by atoms with Crippen LogP contribution in [0.2, 0.25) is 0 Å². The van der Waals surface area contributed by atoms with Gasteiger partial charge >= 0.3 is 0 Å². The van der Waals surface area contributed by atoms with Crippen molar-refractivity contribution in [2.75, 3.05) is 39.4 Å². The van der Waals surface area contributed by atoms with Crippen LogP contribution in [0.4, 0.5) is 0 Å². The zero-order valence-electron chi connectivity index (χ0n) is 22.0. The van der Waals surface area contributed by atoms with E-state index < -0.39 is 23.5 Å². The molecule has 8 heteroatoms. The summed E-state index contributed by atoms with van der Waals surface area (Å²) in [5, 5.41) is 11.8. The van der Waals surface area contributed by atoms with E-state index in [4.69, 9.17) is 13.9 Å². The summed E-state index contributed by atoms with van der Waals surface area (Å²) < 4.78 is 17.2. The lowest BCUT2D eigenvalue weighted by atomic mass is 9.95. The minimum Gasteiger partial charge on any atom is -0.503 e. The van der Waals surface area contributed by atoms with Gasteiger partial charge in [0.1, 0.15) is 17.9 Å². The number of morpholine rings is 1. The first-order valence-electron chi connectivity index (χ1n) is 13.4. The highest BCUT2D eigenvalue weighted by Crippen LogP contribution is 2.40. The van der Waals surface area contributed by atoms with Crippen molar-refractivity contribution in [1.29, 1.82) is 0 Å². The van der Waals surface area contributed by atoms with Crippen molar-refractivity contribution >= 4 is 22.7 Å². The Morgan fingerprint density at radius 2 is 1.65 bits per heavy atom. The van der Waals surface area contributed by atoms with Crippen LogP contribution in [-0.2, 0) is 16.1 Å². The highest BCUT2D eigenvalue weighted by molar-refractivity contribution is 6.16. The third-order valence-corrected chi connectivity index (χ3v) is 7.40. The Hall–Kier alpha value is -4.40. The summed E-state index contributed by atoms with van der Waals surface area (Å²) in [6, 6.07) is 25.4. The number of carbonyl (C=O) groups excluding carboxylic acids is 2. The number of hydrogen-bond donors (Lipinski definition) is 1. The smallest absolute Gasteiger partial charge is 0.290 e. The molecule has 3 heterocycles. The average molecular weight is 539 g/mol. The van der Waals surface area contributed by atoms with Crippen LogP contribution in [0.5, 0.6) is 5.75 Å². The zero-order chi connectivity index (χ0) is 27.5. The fourth-order valence-corrected chi connectivity index (χ4v) is 5.25. The summed E-state index contributed by atoms with van der Waals surface area (Å²) in [7, 11) is 0. The number of amides is 1. The van der Waals surface area contributed by atoms with Crippen LogP contribution in [0.15, 0.2) is 101 Å². The molecule has 1 fully saturated rings. The van der Waals surface area contributed by atoms with Crippen LogP contribution < -0.4 is 4.74 Å². The van der Waals surface area contributed by atoms with E-state index in [0.717, 1.165) is 24.0 Å². The normalized spacial score (nSPS) is 18.1. The minimum atomic E-state index is -0.766. The lowest BCUT2D eigenvalue weighted by Gasteiger charge is -2.31. The predicted molar refractivity (Wildman–Crippen MR) is 149 cm³/mol. The lowest BCUT2D eigenvalue weighted by Crippen LogP contribution is -2.43. The molecule has 0 saturated carbocycles. The molecule has 1 aromatic heterocycles. The molecule has 40 heavy (non-hydrogen) atoms. The maximum Gasteiger partial charge on any atom is 0.290 e. The quantitative estimate of drug-likeness (QED) is 0.302. The zero-order valence-corrected chi connectivity index (χ0v) is 22.0. The molecule has 2 aliphatic rings. The molecule has 204 valence electrons. The predicted octanol–water partition coefficient (Wildman–Crippen LogP) is 4.92. The SMILES string of the molecule is O=C(C1=C(O)C(=O)N(CCN2CCOCC2)[C@H]1c1ccc(OCc2ccccc2)cc1)c1cc2ccccc2o1. The van der Waals surface area contributed by atoms with Crippen LogP contribution in [0.3, 0.4) is 0 Å². The number of Topliss-reactive ketones (excluding diaryl/α,β-unsaturated/α-hetero) is 1. The molecule has 0 radical (unpaired) electrons. The number of aliphatic hydroxyl groups is 1. The number of carbonyl (C=O) groups is 2. The number of benzene rings is 3. The van der Waals surface area contributed by atoms with Crippen molar-refractivity contribution in [3.8, 4) is 5.75 Å². The number of nitrogens with zero attached hydrogens (tertiary/aromatic N) is 2. The molecular weight excluding hydrogens is 508 g/mol. The summed E-state index contributed by atoms with van der Waals surface area (Å²) in [6.45, 7) is 4.18. The van der Waals surface area contributed by atoms with Crippen molar-refractivity contribution in [3.63, 3.8) is 0 Å². The molecule has 4 aromatic rings. The Labute approximate surface area is 232 Å². The first-order chi connectivity index (χ1) is 19.6. The second-order valence-electron chi connectivity index (χ2n) is 9.94. The molecule has 2 aliphatic heterocycles. The van der Waals surface area contributed by atoms with E-state index in [-0.39, 0.29) is 11.3 Å². The second kappa shape index (κ2) is 11.4. The molecule has 1 amide bonds. The van der Waals surface area contributed by atoms with Crippen LogP contribution in [0, 0.1) is 0 Å². The number of ether oxygens (including phenoxy) is 2. The van der Waals surface area contributed by atoms with Crippen LogP contribution in [0.1, 0.15) is 27.7 Å². The highest BCUT2D eigenvalue weighted by Gasteiger charge is 2.44. The van der Waals surface area contributed by atoms with Gasteiger partial charge in [-0.25, -0.2) is 0 Å². The van der Waals surface area contributed by atoms with Crippen molar-refractivity contribution < 1.29 is 28.6 Å².